The molecule has 0 saturated heterocycles. The smallest absolute Gasteiger partial charge is 0.0958 e. The first-order chi connectivity index (χ1) is 7.81. The Hall–Kier alpha value is -1.39. The van der Waals surface area contributed by atoms with Gasteiger partial charge in [-0.05, 0) is 19.1 Å². The lowest BCUT2D eigenvalue weighted by Crippen LogP contribution is -2.35. The van der Waals surface area contributed by atoms with Crippen LogP contribution in [0.5, 0.6) is 0 Å². The molecule has 1 aromatic carbocycles. The molecular weight excluding hydrogens is 200 g/mol. The van der Waals surface area contributed by atoms with Gasteiger partial charge in [-0.15, -0.1) is 0 Å². The van der Waals surface area contributed by atoms with E-state index in [1.807, 2.05) is 24.5 Å². The summed E-state index contributed by atoms with van der Waals surface area (Å²) in [5, 5.41) is 3.36. The zero-order valence-electron chi connectivity index (χ0n) is 9.56. The second-order valence-corrected chi connectivity index (χ2v) is 4.02. The number of nitrogens with two attached hydrogens (primary N) is 1. The zero-order valence-corrected chi connectivity index (χ0v) is 9.56. The van der Waals surface area contributed by atoms with E-state index in [4.69, 9.17) is 5.73 Å². The van der Waals surface area contributed by atoms with Crippen LogP contribution in [-0.4, -0.2) is 28.7 Å². The second-order valence-electron chi connectivity index (χ2n) is 4.02. The third-order valence-corrected chi connectivity index (χ3v) is 2.73. The summed E-state index contributed by atoms with van der Waals surface area (Å²) < 4.78 is 2.16. The average Bonchev–Trinajstić information content (AvgIpc) is 2.73. The van der Waals surface area contributed by atoms with Gasteiger partial charge in [0.25, 0.3) is 0 Å². The first-order valence-electron chi connectivity index (χ1n) is 5.64. The average molecular weight is 218 g/mol. The van der Waals surface area contributed by atoms with Crippen molar-refractivity contribution in [1.29, 1.82) is 0 Å². The van der Waals surface area contributed by atoms with E-state index in [0.717, 1.165) is 18.6 Å². The quantitative estimate of drug-likeness (QED) is 0.786. The predicted molar refractivity (Wildman–Crippen MR) is 66.3 cm³/mol. The summed E-state index contributed by atoms with van der Waals surface area (Å²) in [7, 11) is 0. The van der Waals surface area contributed by atoms with Crippen LogP contribution < -0.4 is 11.1 Å². The minimum Gasteiger partial charge on any atom is -0.329 e. The van der Waals surface area contributed by atoms with Gasteiger partial charge in [-0.1, -0.05) is 12.1 Å². The minimum absolute atomic E-state index is 0.370. The highest BCUT2D eigenvalue weighted by Crippen LogP contribution is 2.10. The SMILES string of the molecule is C[C@@H](CN)NCCn1cnc2ccccc21. The van der Waals surface area contributed by atoms with E-state index < -0.39 is 0 Å². The zero-order chi connectivity index (χ0) is 11.4. The van der Waals surface area contributed by atoms with E-state index in [0.29, 0.717) is 12.6 Å². The van der Waals surface area contributed by atoms with Crippen molar-refractivity contribution < 1.29 is 0 Å². The van der Waals surface area contributed by atoms with Crippen molar-refractivity contribution in [3.05, 3.63) is 30.6 Å². The van der Waals surface area contributed by atoms with Gasteiger partial charge in [0, 0.05) is 25.7 Å². The first kappa shape index (κ1) is 11.1. The molecule has 1 heterocycles. The number of para-hydroxylation sites is 2. The lowest BCUT2D eigenvalue weighted by Gasteiger charge is -2.11. The van der Waals surface area contributed by atoms with Crippen LogP contribution in [0.1, 0.15) is 6.92 Å². The van der Waals surface area contributed by atoms with E-state index in [2.05, 4.69) is 27.9 Å². The fourth-order valence-electron chi connectivity index (χ4n) is 1.70. The molecule has 4 nitrogen and oxygen atoms in total. The Morgan fingerprint density at radius 2 is 2.25 bits per heavy atom. The van der Waals surface area contributed by atoms with Crippen LogP contribution in [0.15, 0.2) is 30.6 Å². The topological polar surface area (TPSA) is 55.9 Å². The number of benzene rings is 1. The number of rotatable bonds is 5. The first-order valence-corrected chi connectivity index (χ1v) is 5.64. The highest BCUT2D eigenvalue weighted by molar-refractivity contribution is 5.74. The van der Waals surface area contributed by atoms with Crippen LogP contribution in [0.25, 0.3) is 11.0 Å². The Kier molecular flexibility index (Phi) is 3.54. The molecule has 2 rings (SSSR count). The van der Waals surface area contributed by atoms with E-state index in [9.17, 15) is 0 Å². The molecule has 86 valence electrons. The van der Waals surface area contributed by atoms with Crippen LogP contribution in [0.2, 0.25) is 0 Å². The number of imidazole rings is 1. The van der Waals surface area contributed by atoms with Crippen molar-refractivity contribution in [3.8, 4) is 0 Å². The van der Waals surface area contributed by atoms with E-state index in [1.54, 1.807) is 0 Å². The van der Waals surface area contributed by atoms with Crippen molar-refractivity contribution in [2.45, 2.75) is 19.5 Å². The minimum atomic E-state index is 0.370. The molecule has 0 saturated carbocycles. The Bertz CT molecular complexity index is 449. The van der Waals surface area contributed by atoms with E-state index >= 15 is 0 Å². The summed E-state index contributed by atoms with van der Waals surface area (Å²) >= 11 is 0. The van der Waals surface area contributed by atoms with Gasteiger partial charge >= 0.3 is 0 Å². The van der Waals surface area contributed by atoms with E-state index in [1.165, 1.54) is 5.52 Å². The van der Waals surface area contributed by atoms with Crippen molar-refractivity contribution in [2.75, 3.05) is 13.1 Å². The van der Waals surface area contributed by atoms with Crippen molar-refractivity contribution in [2.24, 2.45) is 5.73 Å². The molecule has 0 radical (unpaired) electrons. The molecule has 0 aliphatic rings. The fourth-order valence-corrected chi connectivity index (χ4v) is 1.70. The second kappa shape index (κ2) is 5.09. The third-order valence-electron chi connectivity index (χ3n) is 2.73. The monoisotopic (exact) mass is 218 g/mol. The molecule has 16 heavy (non-hydrogen) atoms. The molecule has 2 aromatic rings. The largest absolute Gasteiger partial charge is 0.329 e. The highest BCUT2D eigenvalue weighted by Gasteiger charge is 2.01. The summed E-state index contributed by atoms with van der Waals surface area (Å²) in [4.78, 5) is 4.35. The summed E-state index contributed by atoms with van der Waals surface area (Å²) in [5.41, 5.74) is 7.78. The fraction of sp³-hybridized carbons (Fsp3) is 0.417. The number of aromatic nitrogens is 2. The van der Waals surface area contributed by atoms with Crippen LogP contribution in [0.3, 0.4) is 0 Å². The lowest BCUT2D eigenvalue weighted by atomic mass is 10.3. The summed E-state index contributed by atoms with van der Waals surface area (Å²) in [6.07, 6.45) is 1.89. The van der Waals surface area contributed by atoms with Gasteiger partial charge in [-0.3, -0.25) is 0 Å². The van der Waals surface area contributed by atoms with Crippen LogP contribution in [-0.2, 0) is 6.54 Å². The van der Waals surface area contributed by atoms with Gasteiger partial charge in [0.1, 0.15) is 0 Å². The molecule has 1 aromatic heterocycles. The molecule has 0 spiro atoms. The Labute approximate surface area is 95.5 Å². The van der Waals surface area contributed by atoms with Gasteiger partial charge in [0.15, 0.2) is 0 Å². The molecule has 4 heteroatoms. The normalized spacial score (nSPS) is 13.1. The molecule has 0 bridgehead atoms. The standard InChI is InChI=1S/C12H18N4/c1-10(8-13)14-6-7-16-9-15-11-4-2-3-5-12(11)16/h2-5,9-10,14H,6-8,13H2,1H3/t10-/m0/s1. The number of hydrogen-bond donors (Lipinski definition) is 2. The summed E-state index contributed by atoms with van der Waals surface area (Å²) in [6.45, 7) is 4.60. The number of hydrogen-bond acceptors (Lipinski definition) is 3. The summed E-state index contributed by atoms with van der Waals surface area (Å²) in [5.74, 6) is 0. The van der Waals surface area contributed by atoms with Crippen molar-refractivity contribution in [3.63, 3.8) is 0 Å². The van der Waals surface area contributed by atoms with Gasteiger partial charge in [-0.2, -0.15) is 0 Å². The Morgan fingerprint density at radius 1 is 1.44 bits per heavy atom. The van der Waals surface area contributed by atoms with Gasteiger partial charge < -0.3 is 15.6 Å². The lowest BCUT2D eigenvalue weighted by molar-refractivity contribution is 0.525. The van der Waals surface area contributed by atoms with Crippen LogP contribution in [0.4, 0.5) is 0 Å². The molecule has 0 fully saturated rings. The van der Waals surface area contributed by atoms with Crippen molar-refractivity contribution in [1.82, 2.24) is 14.9 Å². The number of fused-ring (bicyclic) bond motifs is 1. The molecule has 1 atom stereocenters. The van der Waals surface area contributed by atoms with Gasteiger partial charge in [0.05, 0.1) is 17.4 Å². The highest BCUT2D eigenvalue weighted by atomic mass is 15.1. The molecule has 0 aliphatic heterocycles. The molecule has 0 amide bonds. The van der Waals surface area contributed by atoms with Crippen molar-refractivity contribution >= 4 is 11.0 Å². The maximum atomic E-state index is 5.54. The third kappa shape index (κ3) is 2.40. The van der Waals surface area contributed by atoms with Crippen LogP contribution in [0, 0.1) is 0 Å². The van der Waals surface area contributed by atoms with Gasteiger partial charge in [-0.25, -0.2) is 4.98 Å². The maximum Gasteiger partial charge on any atom is 0.0958 e. The molecular formula is C12H18N4. The number of nitrogens with zero attached hydrogens (tertiary/aromatic N) is 2. The van der Waals surface area contributed by atoms with E-state index in [-0.39, 0.29) is 0 Å². The predicted octanol–water partition coefficient (Wildman–Crippen LogP) is 0.973. The molecule has 0 aliphatic carbocycles. The maximum absolute atomic E-state index is 5.54. The van der Waals surface area contributed by atoms with Crippen LogP contribution >= 0.6 is 0 Å². The summed E-state index contributed by atoms with van der Waals surface area (Å²) in [6, 6.07) is 8.54. The number of nitrogens with one attached hydrogen (secondary N) is 1. The Morgan fingerprint density at radius 3 is 3.06 bits per heavy atom. The molecule has 0 unspecified atom stereocenters. The van der Waals surface area contributed by atoms with Gasteiger partial charge in [0.2, 0.25) is 0 Å². The molecule has 3 N–H and O–H groups in total. The Balaban J connectivity index is 1.99.